The van der Waals surface area contributed by atoms with Gasteiger partial charge in [-0.15, -0.1) is 6.42 Å². The molecular formula is C16H17NO3. The van der Waals surface area contributed by atoms with Gasteiger partial charge in [0.05, 0.1) is 12.1 Å². The Morgan fingerprint density at radius 2 is 2.15 bits per heavy atom. The first-order valence-electron chi connectivity index (χ1n) is 6.91. The lowest BCUT2D eigenvalue weighted by molar-refractivity contribution is 0.0759. The van der Waals surface area contributed by atoms with Gasteiger partial charge in [-0.1, -0.05) is 12.0 Å². The summed E-state index contributed by atoms with van der Waals surface area (Å²) < 4.78 is 11.1. The summed E-state index contributed by atoms with van der Waals surface area (Å²) in [6.45, 7) is 2.04. The van der Waals surface area contributed by atoms with E-state index in [1.807, 2.05) is 12.1 Å². The zero-order valence-electron chi connectivity index (χ0n) is 11.3. The van der Waals surface area contributed by atoms with Crippen LogP contribution in [0.4, 0.5) is 0 Å². The number of amides is 1. The molecule has 0 aromatic heterocycles. The molecule has 20 heavy (non-hydrogen) atoms. The Morgan fingerprint density at radius 3 is 2.90 bits per heavy atom. The van der Waals surface area contributed by atoms with Gasteiger partial charge in [-0.05, 0) is 30.9 Å². The van der Waals surface area contributed by atoms with Crippen LogP contribution in [0.1, 0.15) is 23.2 Å². The third-order valence-corrected chi connectivity index (χ3v) is 3.54. The molecule has 104 valence electrons. The quantitative estimate of drug-likeness (QED) is 0.786. The largest absolute Gasteiger partial charge is 0.486 e. The summed E-state index contributed by atoms with van der Waals surface area (Å²) >= 11 is 0. The Bertz CT molecular complexity index is 557. The summed E-state index contributed by atoms with van der Waals surface area (Å²) in [4.78, 5) is 14.4. The molecule has 1 aliphatic carbocycles. The molecule has 1 amide bonds. The second-order valence-electron chi connectivity index (χ2n) is 5.16. The van der Waals surface area contributed by atoms with Crippen molar-refractivity contribution in [3.8, 4) is 23.8 Å². The molecule has 3 rings (SSSR count). The van der Waals surface area contributed by atoms with Gasteiger partial charge in [0.2, 0.25) is 0 Å². The zero-order valence-corrected chi connectivity index (χ0v) is 11.3. The standard InChI is InChI=1S/C16H17NO3/c1-2-8-17(11-12-6-7-12)16(18)13-4-3-5-14-15(13)20-10-9-19-14/h1,3-5,12H,6-11H2. The Balaban J connectivity index is 1.86. The van der Waals surface area contributed by atoms with Gasteiger partial charge in [0.25, 0.3) is 5.91 Å². The van der Waals surface area contributed by atoms with Gasteiger partial charge in [0.15, 0.2) is 11.5 Å². The Morgan fingerprint density at radius 1 is 1.35 bits per heavy atom. The molecule has 1 fully saturated rings. The Kier molecular flexibility index (Phi) is 3.51. The molecule has 1 aromatic rings. The lowest BCUT2D eigenvalue weighted by atomic mass is 10.1. The molecule has 4 heteroatoms. The van der Waals surface area contributed by atoms with Gasteiger partial charge in [0.1, 0.15) is 13.2 Å². The van der Waals surface area contributed by atoms with E-state index in [-0.39, 0.29) is 5.91 Å². The molecule has 1 saturated carbocycles. The van der Waals surface area contributed by atoms with Gasteiger partial charge in [-0.2, -0.15) is 0 Å². The monoisotopic (exact) mass is 271 g/mol. The number of carbonyl (C=O) groups is 1. The fourth-order valence-electron chi connectivity index (χ4n) is 2.35. The molecule has 0 unspecified atom stereocenters. The number of benzene rings is 1. The van der Waals surface area contributed by atoms with Gasteiger partial charge in [0, 0.05) is 6.54 Å². The first-order chi connectivity index (χ1) is 9.79. The average molecular weight is 271 g/mol. The molecule has 4 nitrogen and oxygen atoms in total. The molecule has 1 aliphatic heterocycles. The van der Waals surface area contributed by atoms with E-state index in [0.29, 0.717) is 42.7 Å². The summed E-state index contributed by atoms with van der Waals surface area (Å²) in [6.07, 6.45) is 7.74. The topological polar surface area (TPSA) is 38.8 Å². The third-order valence-electron chi connectivity index (χ3n) is 3.54. The molecule has 0 bridgehead atoms. The molecule has 0 atom stereocenters. The molecule has 0 radical (unpaired) electrons. The Labute approximate surface area is 118 Å². The summed E-state index contributed by atoms with van der Waals surface area (Å²) in [5.41, 5.74) is 0.540. The maximum atomic E-state index is 12.7. The van der Waals surface area contributed by atoms with Crippen molar-refractivity contribution in [3.63, 3.8) is 0 Å². The summed E-state index contributed by atoms with van der Waals surface area (Å²) in [7, 11) is 0. The lowest BCUT2D eigenvalue weighted by Crippen LogP contribution is -2.34. The van der Waals surface area contributed by atoms with Gasteiger partial charge in [-0.3, -0.25) is 4.79 Å². The van der Waals surface area contributed by atoms with E-state index in [0.717, 1.165) is 6.54 Å². The normalized spacial score (nSPS) is 16.4. The van der Waals surface area contributed by atoms with Crippen molar-refractivity contribution in [1.29, 1.82) is 0 Å². The van der Waals surface area contributed by atoms with Crippen LogP contribution in [-0.2, 0) is 0 Å². The molecule has 0 N–H and O–H groups in total. The van der Waals surface area contributed by atoms with Crippen molar-refractivity contribution in [2.24, 2.45) is 5.92 Å². The number of nitrogens with zero attached hydrogens (tertiary/aromatic N) is 1. The minimum atomic E-state index is -0.0720. The lowest BCUT2D eigenvalue weighted by Gasteiger charge is -2.24. The number of rotatable bonds is 4. The molecule has 0 spiro atoms. The van der Waals surface area contributed by atoms with Crippen LogP contribution in [0.25, 0.3) is 0 Å². The molecular weight excluding hydrogens is 254 g/mol. The van der Waals surface area contributed by atoms with Crippen LogP contribution in [0, 0.1) is 18.3 Å². The smallest absolute Gasteiger partial charge is 0.258 e. The van der Waals surface area contributed by atoms with E-state index in [9.17, 15) is 4.79 Å². The van der Waals surface area contributed by atoms with E-state index in [4.69, 9.17) is 15.9 Å². The van der Waals surface area contributed by atoms with E-state index < -0.39 is 0 Å². The molecule has 1 heterocycles. The number of hydrogen-bond donors (Lipinski definition) is 0. The van der Waals surface area contributed by atoms with E-state index in [2.05, 4.69) is 5.92 Å². The van der Waals surface area contributed by atoms with Crippen LogP contribution in [0.15, 0.2) is 18.2 Å². The van der Waals surface area contributed by atoms with E-state index in [1.165, 1.54) is 12.8 Å². The molecule has 1 aromatic carbocycles. The number of fused-ring (bicyclic) bond motifs is 1. The fraction of sp³-hybridized carbons (Fsp3) is 0.438. The highest BCUT2D eigenvalue weighted by Crippen LogP contribution is 2.35. The van der Waals surface area contributed by atoms with Crippen LogP contribution in [-0.4, -0.2) is 37.1 Å². The second kappa shape index (κ2) is 5.46. The first-order valence-corrected chi connectivity index (χ1v) is 6.91. The van der Waals surface area contributed by atoms with Gasteiger partial charge in [-0.25, -0.2) is 0 Å². The summed E-state index contributed by atoms with van der Waals surface area (Å²) in [5, 5.41) is 0. The number of para-hydroxylation sites is 1. The van der Waals surface area contributed by atoms with Crippen LogP contribution >= 0.6 is 0 Å². The van der Waals surface area contributed by atoms with Crippen molar-refractivity contribution < 1.29 is 14.3 Å². The third kappa shape index (κ3) is 2.57. The maximum absolute atomic E-state index is 12.7. The highest BCUT2D eigenvalue weighted by atomic mass is 16.6. The SMILES string of the molecule is C#CCN(CC1CC1)C(=O)c1cccc2c1OCCO2. The maximum Gasteiger partial charge on any atom is 0.258 e. The number of carbonyl (C=O) groups excluding carboxylic acids is 1. The summed E-state index contributed by atoms with van der Waals surface area (Å²) in [5.74, 6) is 4.27. The molecule has 0 saturated heterocycles. The minimum Gasteiger partial charge on any atom is -0.486 e. The van der Waals surface area contributed by atoms with Gasteiger partial charge < -0.3 is 14.4 Å². The number of hydrogen-bond acceptors (Lipinski definition) is 3. The highest BCUT2D eigenvalue weighted by Gasteiger charge is 2.29. The minimum absolute atomic E-state index is 0.0720. The van der Waals surface area contributed by atoms with Crippen molar-refractivity contribution in [2.75, 3.05) is 26.3 Å². The predicted molar refractivity (Wildman–Crippen MR) is 74.9 cm³/mol. The number of terminal acetylenes is 1. The van der Waals surface area contributed by atoms with Crippen molar-refractivity contribution in [3.05, 3.63) is 23.8 Å². The highest BCUT2D eigenvalue weighted by molar-refractivity contribution is 5.98. The Hall–Kier alpha value is -2.15. The average Bonchev–Trinajstić information content (AvgIpc) is 3.29. The number of ether oxygens (including phenoxy) is 2. The zero-order chi connectivity index (χ0) is 13.9. The van der Waals surface area contributed by atoms with Crippen LogP contribution < -0.4 is 9.47 Å². The van der Waals surface area contributed by atoms with E-state index in [1.54, 1.807) is 11.0 Å². The van der Waals surface area contributed by atoms with E-state index >= 15 is 0 Å². The van der Waals surface area contributed by atoms with Crippen molar-refractivity contribution in [1.82, 2.24) is 4.90 Å². The van der Waals surface area contributed by atoms with Crippen LogP contribution in [0.3, 0.4) is 0 Å². The van der Waals surface area contributed by atoms with Crippen LogP contribution in [0.5, 0.6) is 11.5 Å². The van der Waals surface area contributed by atoms with Crippen molar-refractivity contribution >= 4 is 5.91 Å². The van der Waals surface area contributed by atoms with Gasteiger partial charge >= 0.3 is 0 Å². The predicted octanol–water partition coefficient (Wildman–Crippen LogP) is 1.94. The van der Waals surface area contributed by atoms with Crippen molar-refractivity contribution in [2.45, 2.75) is 12.8 Å². The first kappa shape index (κ1) is 12.9. The fourth-order valence-corrected chi connectivity index (χ4v) is 2.35. The summed E-state index contributed by atoms with van der Waals surface area (Å²) in [6, 6.07) is 5.40. The molecule has 2 aliphatic rings. The van der Waals surface area contributed by atoms with Crippen LogP contribution in [0.2, 0.25) is 0 Å². The second-order valence-corrected chi connectivity index (χ2v) is 5.16.